The van der Waals surface area contributed by atoms with Crippen LogP contribution in [-0.2, 0) is 0 Å². The maximum Gasteiger partial charge on any atom is 0.387 e. The second-order valence-electron chi connectivity index (χ2n) is 4.61. The zero-order valence-corrected chi connectivity index (χ0v) is 11.5. The van der Waals surface area contributed by atoms with Gasteiger partial charge < -0.3 is 9.72 Å². The lowest BCUT2D eigenvalue weighted by molar-refractivity contribution is -0.0498. The number of aryl methyl sites for hydroxylation is 1. The molecule has 1 aromatic heterocycles. The smallest absolute Gasteiger partial charge is 0.387 e. The first kappa shape index (κ1) is 14.2. The van der Waals surface area contributed by atoms with Crippen molar-refractivity contribution in [3.8, 4) is 5.75 Å². The van der Waals surface area contributed by atoms with Crippen molar-refractivity contribution in [2.45, 2.75) is 27.4 Å². The van der Waals surface area contributed by atoms with Crippen molar-refractivity contribution in [2.24, 2.45) is 0 Å². The van der Waals surface area contributed by atoms with Gasteiger partial charge in [-0.3, -0.25) is 4.79 Å². The van der Waals surface area contributed by atoms with E-state index in [0.717, 1.165) is 16.8 Å². The molecular formula is C15H15F2NO2. The summed E-state index contributed by atoms with van der Waals surface area (Å²) in [6.07, 6.45) is 0. The number of alkyl halides is 2. The maximum atomic E-state index is 12.4. The van der Waals surface area contributed by atoms with Gasteiger partial charge in [0, 0.05) is 11.3 Å². The molecule has 106 valence electrons. The molecule has 0 saturated carbocycles. The van der Waals surface area contributed by atoms with Gasteiger partial charge >= 0.3 is 6.61 Å². The van der Waals surface area contributed by atoms with Crippen molar-refractivity contribution in [3.63, 3.8) is 0 Å². The fourth-order valence-electron chi connectivity index (χ4n) is 2.03. The summed E-state index contributed by atoms with van der Waals surface area (Å²) < 4.78 is 28.7. The highest BCUT2D eigenvalue weighted by atomic mass is 19.3. The van der Waals surface area contributed by atoms with Crippen molar-refractivity contribution in [2.75, 3.05) is 0 Å². The number of carbonyl (C=O) groups is 1. The molecule has 2 rings (SSSR count). The molecule has 5 heteroatoms. The van der Waals surface area contributed by atoms with Crippen LogP contribution in [0.25, 0.3) is 0 Å². The maximum absolute atomic E-state index is 12.4. The van der Waals surface area contributed by atoms with Gasteiger partial charge in [0.15, 0.2) is 0 Å². The van der Waals surface area contributed by atoms with Crippen molar-refractivity contribution < 1.29 is 18.3 Å². The average Bonchev–Trinajstić information content (AvgIpc) is 2.65. The predicted molar refractivity (Wildman–Crippen MR) is 71.5 cm³/mol. The lowest BCUT2D eigenvalue weighted by Crippen LogP contribution is -2.06. The van der Waals surface area contributed by atoms with E-state index in [2.05, 4.69) is 9.72 Å². The molecule has 0 aliphatic carbocycles. The molecule has 0 atom stereocenters. The summed E-state index contributed by atoms with van der Waals surface area (Å²) in [6.45, 7) is 2.76. The largest absolute Gasteiger partial charge is 0.435 e. The van der Waals surface area contributed by atoms with Crippen LogP contribution in [-0.4, -0.2) is 17.4 Å². The Morgan fingerprint density at radius 2 is 1.90 bits per heavy atom. The first-order valence-electron chi connectivity index (χ1n) is 6.15. The zero-order chi connectivity index (χ0) is 14.9. The summed E-state index contributed by atoms with van der Waals surface area (Å²) in [5.74, 6) is -0.262. The summed E-state index contributed by atoms with van der Waals surface area (Å²) in [4.78, 5) is 15.4. The molecule has 20 heavy (non-hydrogen) atoms. The molecule has 0 saturated heterocycles. The van der Waals surface area contributed by atoms with E-state index in [9.17, 15) is 13.6 Å². The normalized spacial score (nSPS) is 10.9. The molecule has 1 N–H and O–H groups in total. The Morgan fingerprint density at radius 3 is 2.45 bits per heavy atom. The first-order valence-corrected chi connectivity index (χ1v) is 6.15. The number of rotatable bonds is 4. The van der Waals surface area contributed by atoms with Gasteiger partial charge in [0.05, 0.1) is 5.69 Å². The van der Waals surface area contributed by atoms with Gasteiger partial charge in [-0.15, -0.1) is 0 Å². The van der Waals surface area contributed by atoms with Crippen LogP contribution in [0.4, 0.5) is 8.78 Å². The van der Waals surface area contributed by atoms with Gasteiger partial charge in [-0.1, -0.05) is 12.1 Å². The number of hydrogen-bond donors (Lipinski definition) is 1. The number of aromatic nitrogens is 1. The first-order chi connectivity index (χ1) is 9.40. The number of ketones is 1. The predicted octanol–water partition coefficient (Wildman–Crippen LogP) is 3.77. The fourth-order valence-corrected chi connectivity index (χ4v) is 2.03. The van der Waals surface area contributed by atoms with E-state index in [-0.39, 0.29) is 11.5 Å². The van der Waals surface area contributed by atoms with Gasteiger partial charge in [0.1, 0.15) is 5.75 Å². The van der Waals surface area contributed by atoms with Gasteiger partial charge in [-0.25, -0.2) is 0 Å². The van der Waals surface area contributed by atoms with Crippen molar-refractivity contribution in [1.82, 2.24) is 4.98 Å². The van der Waals surface area contributed by atoms with E-state index in [1.165, 1.54) is 18.2 Å². The van der Waals surface area contributed by atoms with E-state index in [4.69, 9.17) is 0 Å². The molecule has 0 bridgehead atoms. The molecular weight excluding hydrogens is 264 g/mol. The minimum atomic E-state index is -2.91. The summed E-state index contributed by atoms with van der Waals surface area (Å²) >= 11 is 0. The summed E-state index contributed by atoms with van der Waals surface area (Å²) in [5, 5.41) is 0. The Hall–Kier alpha value is -2.17. The van der Waals surface area contributed by atoms with Crippen LogP contribution in [0.1, 0.15) is 32.9 Å². The van der Waals surface area contributed by atoms with Crippen molar-refractivity contribution in [3.05, 3.63) is 52.3 Å². The highest BCUT2D eigenvalue weighted by Crippen LogP contribution is 2.22. The minimum Gasteiger partial charge on any atom is -0.435 e. The Bertz CT molecular complexity index is 647. The van der Waals surface area contributed by atoms with Gasteiger partial charge in [-0.05, 0) is 44.0 Å². The van der Waals surface area contributed by atoms with Crippen LogP contribution in [0.5, 0.6) is 5.75 Å². The van der Waals surface area contributed by atoms with Crippen LogP contribution < -0.4 is 4.74 Å². The Morgan fingerprint density at radius 1 is 1.20 bits per heavy atom. The number of nitrogens with one attached hydrogen (secondary N) is 1. The summed E-state index contributed by atoms with van der Waals surface area (Å²) in [7, 11) is 0. The molecule has 0 fully saturated rings. The molecule has 3 nitrogen and oxygen atoms in total. The molecule has 1 aromatic carbocycles. The minimum absolute atomic E-state index is 0.0245. The molecule has 0 unspecified atom stereocenters. The topological polar surface area (TPSA) is 42.1 Å². The molecule has 2 aromatic rings. The van der Waals surface area contributed by atoms with Gasteiger partial charge in [-0.2, -0.15) is 8.78 Å². The third-order valence-corrected chi connectivity index (χ3v) is 3.36. The van der Waals surface area contributed by atoms with E-state index in [1.54, 1.807) is 6.07 Å². The second-order valence-corrected chi connectivity index (χ2v) is 4.61. The molecule has 0 amide bonds. The van der Waals surface area contributed by atoms with Gasteiger partial charge in [0.2, 0.25) is 5.78 Å². The van der Waals surface area contributed by atoms with E-state index in [1.807, 2.05) is 20.8 Å². The van der Waals surface area contributed by atoms with Crippen LogP contribution >= 0.6 is 0 Å². The third-order valence-electron chi connectivity index (χ3n) is 3.36. The highest BCUT2D eigenvalue weighted by Gasteiger charge is 2.17. The monoisotopic (exact) mass is 279 g/mol. The van der Waals surface area contributed by atoms with Crippen molar-refractivity contribution >= 4 is 5.78 Å². The van der Waals surface area contributed by atoms with Crippen LogP contribution in [0.3, 0.4) is 0 Å². The summed E-state index contributed by atoms with van der Waals surface area (Å²) in [6, 6.07) is 5.80. The average molecular weight is 279 g/mol. The van der Waals surface area contributed by atoms with Crippen LogP contribution in [0.2, 0.25) is 0 Å². The molecule has 0 spiro atoms. The lowest BCUT2D eigenvalue weighted by Gasteiger charge is -2.06. The number of aromatic amines is 1. The van der Waals surface area contributed by atoms with Crippen molar-refractivity contribution in [1.29, 1.82) is 0 Å². The quantitative estimate of drug-likeness (QED) is 0.865. The van der Waals surface area contributed by atoms with Gasteiger partial charge in [0.25, 0.3) is 0 Å². The number of ether oxygens (including phenoxy) is 1. The molecule has 0 aliphatic rings. The van der Waals surface area contributed by atoms with E-state index >= 15 is 0 Å². The zero-order valence-electron chi connectivity index (χ0n) is 11.5. The lowest BCUT2D eigenvalue weighted by atomic mass is 10.0. The Kier molecular flexibility index (Phi) is 3.88. The molecule has 0 radical (unpaired) electrons. The van der Waals surface area contributed by atoms with Crippen LogP contribution in [0, 0.1) is 20.8 Å². The molecule has 1 heterocycles. The molecule has 0 aliphatic heterocycles. The second kappa shape index (κ2) is 5.45. The number of halogens is 2. The number of H-pyrrole nitrogens is 1. The number of benzene rings is 1. The van der Waals surface area contributed by atoms with Crippen LogP contribution in [0.15, 0.2) is 24.3 Å². The number of carbonyl (C=O) groups excluding carboxylic acids is 1. The van der Waals surface area contributed by atoms with E-state index < -0.39 is 6.61 Å². The summed E-state index contributed by atoms with van der Waals surface area (Å²) in [5.41, 5.74) is 3.61. The Balaban J connectivity index is 2.36. The SMILES string of the molecule is Cc1[nH]c(C(=O)c2cccc(OC(F)F)c2)c(C)c1C. The van der Waals surface area contributed by atoms with E-state index in [0.29, 0.717) is 11.3 Å². The third kappa shape index (κ3) is 2.71. The fraction of sp³-hybridized carbons (Fsp3) is 0.267. The highest BCUT2D eigenvalue weighted by molar-refractivity contribution is 6.09. The number of hydrogen-bond acceptors (Lipinski definition) is 2. The standard InChI is InChI=1S/C15H15F2NO2/c1-8-9(2)13(18-10(8)3)14(19)11-5-4-6-12(7-11)20-15(16)17/h4-7,15,18H,1-3H3. The Labute approximate surface area is 115 Å².